The van der Waals surface area contributed by atoms with Crippen molar-refractivity contribution in [2.75, 3.05) is 19.8 Å². The van der Waals surface area contributed by atoms with Gasteiger partial charge in [0.2, 0.25) is 11.8 Å². The molecule has 1 N–H and O–H groups in total. The van der Waals surface area contributed by atoms with Crippen LogP contribution >= 0.6 is 0 Å². The minimum Gasteiger partial charge on any atom is -0.369 e. The molecule has 0 spiro atoms. The summed E-state index contributed by atoms with van der Waals surface area (Å²) in [6.07, 6.45) is 2.11. The number of carbonyl (C=O) groups is 2. The first kappa shape index (κ1) is 18.8. The van der Waals surface area contributed by atoms with Crippen molar-refractivity contribution in [2.24, 2.45) is 0 Å². The van der Waals surface area contributed by atoms with Crippen molar-refractivity contribution in [2.45, 2.75) is 25.6 Å². The fourth-order valence-electron chi connectivity index (χ4n) is 2.91. The van der Waals surface area contributed by atoms with Crippen LogP contribution in [0, 0.1) is 0 Å². The molecule has 0 aliphatic carbocycles. The van der Waals surface area contributed by atoms with Gasteiger partial charge in [-0.3, -0.25) is 14.4 Å². The van der Waals surface area contributed by atoms with Crippen LogP contribution in [0.4, 0.5) is 0 Å². The van der Waals surface area contributed by atoms with E-state index >= 15 is 0 Å². The molecule has 0 unspecified atom stereocenters. The molecule has 0 bridgehead atoms. The number of aryl methyl sites for hydroxylation is 1. The number of hydrogen-bond acceptors (Lipinski definition) is 5. The van der Waals surface area contributed by atoms with Crippen LogP contribution < -0.4 is 10.9 Å². The van der Waals surface area contributed by atoms with E-state index in [2.05, 4.69) is 10.4 Å². The number of ether oxygens (including phenoxy) is 1. The Morgan fingerprint density at radius 2 is 2.00 bits per heavy atom. The number of carbonyl (C=O) groups excluding carboxylic acids is 2. The summed E-state index contributed by atoms with van der Waals surface area (Å²) >= 11 is 0. The van der Waals surface area contributed by atoms with Crippen molar-refractivity contribution in [1.29, 1.82) is 0 Å². The van der Waals surface area contributed by atoms with Crippen LogP contribution in [0.15, 0.2) is 53.5 Å². The minimum atomic E-state index is -0.663. The highest BCUT2D eigenvalue weighted by Gasteiger charge is 2.33. The van der Waals surface area contributed by atoms with Gasteiger partial charge in [-0.25, -0.2) is 4.68 Å². The van der Waals surface area contributed by atoms with Crippen LogP contribution in [0.1, 0.15) is 12.0 Å². The van der Waals surface area contributed by atoms with Crippen molar-refractivity contribution < 1.29 is 14.3 Å². The quantitative estimate of drug-likeness (QED) is 0.702. The standard InChI is InChI=1S/C19H22N4O4/c24-17-8-4-10-21-23(17)11-5-9-20-19(26)16-13-27-14-18(25)22(16)12-15-6-2-1-3-7-15/h1-4,6-8,10,16H,5,9,11-14H2,(H,20,26)/t16-/m1/s1. The molecule has 2 aromatic rings. The molecule has 2 heterocycles. The first-order chi connectivity index (χ1) is 13.1. The first-order valence-corrected chi connectivity index (χ1v) is 8.86. The fraction of sp³-hybridized carbons (Fsp3) is 0.368. The second-order valence-corrected chi connectivity index (χ2v) is 6.27. The van der Waals surface area contributed by atoms with Crippen molar-refractivity contribution in [1.82, 2.24) is 20.0 Å². The summed E-state index contributed by atoms with van der Waals surface area (Å²) in [5.41, 5.74) is 0.782. The lowest BCUT2D eigenvalue weighted by molar-refractivity contribution is -0.155. The molecule has 1 aromatic carbocycles. The number of nitrogens with zero attached hydrogens (tertiary/aromatic N) is 3. The molecule has 3 rings (SSSR count). The second kappa shape index (κ2) is 9.09. The van der Waals surface area contributed by atoms with Crippen molar-refractivity contribution in [3.63, 3.8) is 0 Å². The predicted molar refractivity (Wildman–Crippen MR) is 97.7 cm³/mol. The monoisotopic (exact) mass is 370 g/mol. The average Bonchev–Trinajstić information content (AvgIpc) is 2.69. The number of amides is 2. The topological polar surface area (TPSA) is 93.5 Å². The largest absolute Gasteiger partial charge is 0.369 e. The zero-order valence-electron chi connectivity index (χ0n) is 14.9. The van der Waals surface area contributed by atoms with Gasteiger partial charge in [0.15, 0.2) is 0 Å². The summed E-state index contributed by atoms with van der Waals surface area (Å²) in [5.74, 6) is -0.461. The number of morpholine rings is 1. The summed E-state index contributed by atoms with van der Waals surface area (Å²) in [5, 5.41) is 6.79. The highest BCUT2D eigenvalue weighted by atomic mass is 16.5. The highest BCUT2D eigenvalue weighted by molar-refractivity contribution is 5.89. The Labute approximate surface area is 156 Å². The Morgan fingerprint density at radius 1 is 1.19 bits per heavy atom. The molecule has 1 aliphatic heterocycles. The Balaban J connectivity index is 1.54. The molecule has 1 atom stereocenters. The highest BCUT2D eigenvalue weighted by Crippen LogP contribution is 2.13. The van der Waals surface area contributed by atoms with E-state index in [1.54, 1.807) is 17.2 Å². The minimum absolute atomic E-state index is 0.0147. The molecule has 8 heteroatoms. The molecule has 2 amide bonds. The molecule has 0 radical (unpaired) electrons. The Morgan fingerprint density at radius 3 is 2.78 bits per heavy atom. The maximum Gasteiger partial charge on any atom is 0.266 e. The summed E-state index contributed by atoms with van der Waals surface area (Å²) < 4.78 is 6.62. The van der Waals surface area contributed by atoms with Crippen molar-refractivity contribution in [3.05, 3.63) is 64.6 Å². The van der Waals surface area contributed by atoms with Gasteiger partial charge in [0.1, 0.15) is 12.6 Å². The second-order valence-electron chi connectivity index (χ2n) is 6.27. The summed E-state index contributed by atoms with van der Waals surface area (Å²) in [4.78, 5) is 37.9. The molecular formula is C19H22N4O4. The number of rotatable bonds is 7. The van der Waals surface area contributed by atoms with Gasteiger partial charge in [0.25, 0.3) is 5.56 Å². The lowest BCUT2D eigenvalue weighted by Crippen LogP contribution is -2.56. The number of aromatic nitrogens is 2. The maximum atomic E-state index is 12.6. The summed E-state index contributed by atoms with van der Waals surface area (Å²) in [6, 6.07) is 11.9. The van der Waals surface area contributed by atoms with Crippen LogP contribution in [0.5, 0.6) is 0 Å². The van der Waals surface area contributed by atoms with Gasteiger partial charge in [-0.15, -0.1) is 0 Å². The summed E-state index contributed by atoms with van der Waals surface area (Å²) in [6.45, 7) is 1.31. The van der Waals surface area contributed by atoms with E-state index in [4.69, 9.17) is 4.74 Å². The van der Waals surface area contributed by atoms with E-state index in [0.717, 1.165) is 5.56 Å². The van der Waals surface area contributed by atoms with Crippen molar-refractivity contribution >= 4 is 11.8 Å². The third-order valence-electron chi connectivity index (χ3n) is 4.33. The lowest BCUT2D eigenvalue weighted by Gasteiger charge is -2.34. The van der Waals surface area contributed by atoms with E-state index in [1.165, 1.54) is 10.7 Å². The Bertz CT molecular complexity index is 837. The summed E-state index contributed by atoms with van der Waals surface area (Å²) in [7, 11) is 0. The van der Waals surface area contributed by atoms with Gasteiger partial charge in [0.05, 0.1) is 6.61 Å². The lowest BCUT2D eigenvalue weighted by atomic mass is 10.1. The third kappa shape index (κ3) is 5.01. The number of nitrogens with one attached hydrogen (secondary N) is 1. The van der Waals surface area contributed by atoms with Gasteiger partial charge in [-0.05, 0) is 18.1 Å². The molecule has 1 fully saturated rings. The van der Waals surface area contributed by atoms with Gasteiger partial charge in [-0.2, -0.15) is 5.10 Å². The van der Waals surface area contributed by atoms with E-state index in [-0.39, 0.29) is 30.6 Å². The van der Waals surface area contributed by atoms with Gasteiger partial charge in [0, 0.05) is 31.9 Å². The third-order valence-corrected chi connectivity index (χ3v) is 4.33. The smallest absolute Gasteiger partial charge is 0.266 e. The predicted octanol–water partition coefficient (Wildman–Crippen LogP) is 0.177. The van der Waals surface area contributed by atoms with Crippen molar-refractivity contribution in [3.8, 4) is 0 Å². The molecule has 1 aliphatic rings. The van der Waals surface area contributed by atoms with E-state index in [0.29, 0.717) is 26.1 Å². The van der Waals surface area contributed by atoms with Crippen LogP contribution in [-0.2, 0) is 27.4 Å². The van der Waals surface area contributed by atoms with E-state index < -0.39 is 6.04 Å². The molecule has 0 saturated carbocycles. The van der Waals surface area contributed by atoms with Crippen LogP contribution in [0.2, 0.25) is 0 Å². The molecule has 1 aromatic heterocycles. The maximum absolute atomic E-state index is 12.6. The fourth-order valence-corrected chi connectivity index (χ4v) is 2.91. The number of benzene rings is 1. The molecule has 1 saturated heterocycles. The number of hydrogen-bond donors (Lipinski definition) is 1. The van der Waals surface area contributed by atoms with Crippen LogP contribution in [0.25, 0.3) is 0 Å². The SMILES string of the molecule is O=C(NCCCn1ncccc1=O)[C@H]1COCC(=O)N1Cc1ccccc1. The van der Waals surface area contributed by atoms with Crippen LogP contribution in [0.3, 0.4) is 0 Å². The average molecular weight is 370 g/mol. The van der Waals surface area contributed by atoms with E-state index in [9.17, 15) is 14.4 Å². The molecular weight excluding hydrogens is 348 g/mol. The zero-order valence-corrected chi connectivity index (χ0v) is 14.9. The van der Waals surface area contributed by atoms with E-state index in [1.807, 2.05) is 30.3 Å². The van der Waals surface area contributed by atoms with Gasteiger partial charge in [-0.1, -0.05) is 30.3 Å². The molecule has 142 valence electrons. The first-order valence-electron chi connectivity index (χ1n) is 8.86. The Hall–Kier alpha value is -3.00. The zero-order chi connectivity index (χ0) is 19.1. The Kier molecular flexibility index (Phi) is 6.32. The van der Waals surface area contributed by atoms with Gasteiger partial charge >= 0.3 is 0 Å². The molecule has 27 heavy (non-hydrogen) atoms. The normalized spacial score (nSPS) is 17.0. The van der Waals surface area contributed by atoms with Gasteiger partial charge < -0.3 is 15.0 Å². The molecule has 8 nitrogen and oxygen atoms in total. The van der Waals surface area contributed by atoms with Crippen LogP contribution in [-0.4, -0.2) is 52.3 Å².